The minimum atomic E-state index is -0.467. The molecule has 4 nitrogen and oxygen atoms in total. The van der Waals surface area contributed by atoms with E-state index >= 15 is 0 Å². The maximum atomic E-state index is 11.7. The smallest absolute Gasteiger partial charge is 0.410 e. The largest absolute Gasteiger partial charge is 0.444 e. The molecule has 0 spiro atoms. The SMILES string of the molecule is CC1CCN(C(=O)OC(C)(C)C)CC1O. The first-order valence-electron chi connectivity index (χ1n) is 5.45. The number of rotatable bonds is 0. The standard InChI is InChI=1S/C11H21NO3/c1-8-5-6-12(7-9(8)13)10(14)15-11(2,3)4/h8-9,13H,5-7H2,1-4H3. The molecule has 2 unspecified atom stereocenters. The molecule has 1 fully saturated rings. The van der Waals surface area contributed by atoms with Gasteiger partial charge in [0, 0.05) is 6.54 Å². The molecule has 88 valence electrons. The molecule has 0 bridgehead atoms. The number of hydrogen-bond acceptors (Lipinski definition) is 3. The van der Waals surface area contributed by atoms with Gasteiger partial charge < -0.3 is 14.7 Å². The number of β-amino-alcohol motifs (C(OH)–C–C–N with tert-alkyl or cyclic N) is 1. The molecule has 1 aliphatic rings. The Morgan fingerprint density at radius 1 is 1.47 bits per heavy atom. The number of ether oxygens (including phenoxy) is 1. The van der Waals surface area contributed by atoms with Gasteiger partial charge >= 0.3 is 6.09 Å². The summed E-state index contributed by atoms with van der Waals surface area (Å²) in [5.74, 6) is 0.267. The Morgan fingerprint density at radius 2 is 2.07 bits per heavy atom. The molecule has 1 N–H and O–H groups in total. The summed E-state index contributed by atoms with van der Waals surface area (Å²) in [5, 5.41) is 9.65. The van der Waals surface area contributed by atoms with Crippen LogP contribution in [-0.2, 0) is 4.74 Å². The van der Waals surface area contributed by atoms with E-state index < -0.39 is 11.7 Å². The Labute approximate surface area is 91.2 Å². The summed E-state index contributed by atoms with van der Waals surface area (Å²) in [6.07, 6.45) is 0.0835. The van der Waals surface area contributed by atoms with Gasteiger partial charge in [-0.15, -0.1) is 0 Å². The van der Waals surface area contributed by atoms with Crippen molar-refractivity contribution < 1.29 is 14.6 Å². The Balaban J connectivity index is 2.48. The molecule has 1 heterocycles. The summed E-state index contributed by atoms with van der Waals surface area (Å²) < 4.78 is 5.24. The van der Waals surface area contributed by atoms with Crippen LogP contribution in [0.2, 0.25) is 0 Å². The first kappa shape index (κ1) is 12.3. The summed E-state index contributed by atoms with van der Waals surface area (Å²) in [7, 11) is 0. The van der Waals surface area contributed by atoms with E-state index in [4.69, 9.17) is 4.74 Å². The average Bonchev–Trinajstić information content (AvgIpc) is 2.06. The molecule has 0 radical (unpaired) electrons. The molecular weight excluding hydrogens is 194 g/mol. The number of aliphatic hydroxyl groups excluding tert-OH is 1. The summed E-state index contributed by atoms with van der Waals surface area (Å²) in [5.41, 5.74) is -0.467. The van der Waals surface area contributed by atoms with Gasteiger partial charge in [-0.25, -0.2) is 4.79 Å². The monoisotopic (exact) mass is 215 g/mol. The van der Waals surface area contributed by atoms with E-state index in [0.717, 1.165) is 6.42 Å². The number of carbonyl (C=O) groups is 1. The van der Waals surface area contributed by atoms with Crippen molar-refractivity contribution in [2.45, 2.75) is 45.8 Å². The molecule has 0 aromatic carbocycles. The summed E-state index contributed by atoms with van der Waals surface area (Å²) in [4.78, 5) is 13.2. The number of carbonyl (C=O) groups excluding carboxylic acids is 1. The summed E-state index contributed by atoms with van der Waals surface area (Å²) in [6.45, 7) is 8.58. The van der Waals surface area contributed by atoms with Crippen molar-refractivity contribution in [2.75, 3.05) is 13.1 Å². The zero-order valence-corrected chi connectivity index (χ0v) is 9.99. The molecule has 1 amide bonds. The maximum Gasteiger partial charge on any atom is 0.410 e. The molecule has 1 aliphatic heterocycles. The lowest BCUT2D eigenvalue weighted by molar-refractivity contribution is -0.00946. The maximum absolute atomic E-state index is 11.7. The van der Waals surface area contributed by atoms with E-state index in [2.05, 4.69) is 0 Å². The quantitative estimate of drug-likeness (QED) is 0.668. The van der Waals surface area contributed by atoms with Crippen LogP contribution in [0.5, 0.6) is 0 Å². The predicted octanol–water partition coefficient (Wildman–Crippen LogP) is 1.62. The van der Waals surface area contributed by atoms with E-state index in [1.165, 1.54) is 0 Å². The van der Waals surface area contributed by atoms with E-state index in [9.17, 15) is 9.90 Å². The van der Waals surface area contributed by atoms with Crippen molar-refractivity contribution in [1.82, 2.24) is 4.90 Å². The van der Waals surface area contributed by atoms with Crippen molar-refractivity contribution in [2.24, 2.45) is 5.92 Å². The first-order chi connectivity index (χ1) is 6.79. The van der Waals surface area contributed by atoms with Gasteiger partial charge in [-0.2, -0.15) is 0 Å². The highest BCUT2D eigenvalue weighted by Crippen LogP contribution is 2.19. The van der Waals surface area contributed by atoms with Crippen molar-refractivity contribution >= 4 is 6.09 Å². The van der Waals surface area contributed by atoms with Gasteiger partial charge in [-0.05, 0) is 33.1 Å². The predicted molar refractivity (Wildman–Crippen MR) is 57.6 cm³/mol. The zero-order chi connectivity index (χ0) is 11.6. The van der Waals surface area contributed by atoms with Gasteiger partial charge in [-0.3, -0.25) is 0 Å². The molecular formula is C11H21NO3. The molecule has 2 atom stereocenters. The van der Waals surface area contributed by atoms with Crippen molar-refractivity contribution in [1.29, 1.82) is 0 Å². The Morgan fingerprint density at radius 3 is 2.53 bits per heavy atom. The molecule has 15 heavy (non-hydrogen) atoms. The highest BCUT2D eigenvalue weighted by atomic mass is 16.6. The molecule has 0 aromatic heterocycles. The van der Waals surface area contributed by atoms with E-state index in [1.807, 2.05) is 27.7 Å². The minimum absolute atomic E-state index is 0.267. The number of aliphatic hydroxyl groups is 1. The van der Waals surface area contributed by atoms with E-state index in [1.54, 1.807) is 4.90 Å². The topological polar surface area (TPSA) is 49.8 Å². The lowest BCUT2D eigenvalue weighted by Gasteiger charge is -2.35. The second-order valence-corrected chi connectivity index (χ2v) is 5.26. The van der Waals surface area contributed by atoms with Crippen LogP contribution in [0.25, 0.3) is 0 Å². The van der Waals surface area contributed by atoms with Crippen LogP contribution in [0.3, 0.4) is 0 Å². The zero-order valence-electron chi connectivity index (χ0n) is 9.99. The Hall–Kier alpha value is -0.770. The molecule has 1 rings (SSSR count). The van der Waals surface area contributed by atoms with Gasteiger partial charge in [0.1, 0.15) is 5.60 Å². The lowest BCUT2D eigenvalue weighted by Crippen LogP contribution is -2.47. The summed E-state index contributed by atoms with van der Waals surface area (Å²) >= 11 is 0. The van der Waals surface area contributed by atoms with Crippen LogP contribution in [0.15, 0.2) is 0 Å². The third-order valence-electron chi connectivity index (χ3n) is 2.57. The average molecular weight is 215 g/mol. The van der Waals surface area contributed by atoms with Gasteiger partial charge in [0.25, 0.3) is 0 Å². The van der Waals surface area contributed by atoms with Crippen LogP contribution in [0, 0.1) is 5.92 Å². The van der Waals surface area contributed by atoms with Crippen LogP contribution in [-0.4, -0.2) is 40.9 Å². The second kappa shape index (κ2) is 4.39. The normalized spacial score (nSPS) is 27.7. The van der Waals surface area contributed by atoms with Gasteiger partial charge in [0.15, 0.2) is 0 Å². The number of amides is 1. The number of likely N-dealkylation sites (tertiary alicyclic amines) is 1. The fraction of sp³-hybridized carbons (Fsp3) is 0.909. The Bertz CT molecular complexity index is 234. The number of nitrogens with zero attached hydrogens (tertiary/aromatic N) is 1. The fourth-order valence-electron chi connectivity index (χ4n) is 1.54. The van der Waals surface area contributed by atoms with Gasteiger partial charge in [0.2, 0.25) is 0 Å². The van der Waals surface area contributed by atoms with E-state index in [0.29, 0.717) is 13.1 Å². The van der Waals surface area contributed by atoms with Crippen LogP contribution < -0.4 is 0 Å². The molecule has 0 aliphatic carbocycles. The van der Waals surface area contributed by atoms with Crippen LogP contribution in [0.1, 0.15) is 34.1 Å². The fourth-order valence-corrected chi connectivity index (χ4v) is 1.54. The third kappa shape index (κ3) is 3.70. The minimum Gasteiger partial charge on any atom is -0.444 e. The second-order valence-electron chi connectivity index (χ2n) is 5.26. The Kier molecular flexibility index (Phi) is 3.60. The number of piperidine rings is 1. The highest BCUT2D eigenvalue weighted by molar-refractivity contribution is 5.68. The number of hydrogen-bond donors (Lipinski definition) is 1. The van der Waals surface area contributed by atoms with Crippen molar-refractivity contribution in [3.8, 4) is 0 Å². The van der Waals surface area contributed by atoms with Crippen LogP contribution in [0.4, 0.5) is 4.79 Å². The van der Waals surface area contributed by atoms with Crippen molar-refractivity contribution in [3.05, 3.63) is 0 Å². The van der Waals surface area contributed by atoms with E-state index in [-0.39, 0.29) is 12.0 Å². The molecule has 0 aromatic rings. The molecule has 4 heteroatoms. The molecule has 1 saturated heterocycles. The van der Waals surface area contributed by atoms with Crippen molar-refractivity contribution in [3.63, 3.8) is 0 Å². The molecule has 0 saturated carbocycles. The lowest BCUT2D eigenvalue weighted by atomic mass is 9.96. The summed E-state index contributed by atoms with van der Waals surface area (Å²) in [6, 6.07) is 0. The third-order valence-corrected chi connectivity index (χ3v) is 2.57. The first-order valence-corrected chi connectivity index (χ1v) is 5.45. The van der Waals surface area contributed by atoms with Crippen LogP contribution >= 0.6 is 0 Å². The highest BCUT2D eigenvalue weighted by Gasteiger charge is 2.29. The van der Waals surface area contributed by atoms with Gasteiger partial charge in [0.05, 0.1) is 12.6 Å². The van der Waals surface area contributed by atoms with Gasteiger partial charge in [-0.1, -0.05) is 6.92 Å².